The van der Waals surface area contributed by atoms with Crippen LogP contribution in [0.25, 0.3) is 5.69 Å². The van der Waals surface area contributed by atoms with Crippen LogP contribution in [0.15, 0.2) is 65.6 Å². The van der Waals surface area contributed by atoms with Gasteiger partial charge in [-0.15, -0.1) is 11.3 Å². The van der Waals surface area contributed by atoms with E-state index in [0.717, 1.165) is 0 Å². The van der Waals surface area contributed by atoms with Crippen molar-refractivity contribution in [3.63, 3.8) is 0 Å². The van der Waals surface area contributed by atoms with Crippen LogP contribution in [0.2, 0.25) is 4.34 Å². The average molecular weight is 444 g/mol. The smallest absolute Gasteiger partial charge is 0.262 e. The predicted octanol–water partition coefficient (Wildman–Crippen LogP) is 4.34. The Bertz CT molecular complexity index is 1090. The Kier molecular flexibility index (Phi) is 7.07. The molecule has 0 spiro atoms. The van der Waals surface area contributed by atoms with Gasteiger partial charge >= 0.3 is 0 Å². The van der Waals surface area contributed by atoms with Gasteiger partial charge < -0.3 is 10.6 Å². The molecule has 6 nitrogen and oxygen atoms in total. The van der Waals surface area contributed by atoms with Crippen molar-refractivity contribution in [2.45, 2.75) is 26.3 Å². The lowest BCUT2D eigenvalue weighted by atomic mass is 10.0. The Morgan fingerprint density at radius 2 is 1.80 bits per heavy atom. The zero-order valence-corrected chi connectivity index (χ0v) is 18.2. The number of nitrogens with one attached hydrogen (secondary N) is 2. The van der Waals surface area contributed by atoms with Gasteiger partial charge in [0.1, 0.15) is 6.04 Å². The molecule has 2 heterocycles. The molecule has 2 amide bonds. The van der Waals surface area contributed by atoms with Crippen molar-refractivity contribution >= 4 is 40.4 Å². The normalized spacial score (nSPS) is 11.9. The summed E-state index contributed by atoms with van der Waals surface area (Å²) < 4.78 is 2.03. The third-order valence-corrected chi connectivity index (χ3v) is 5.59. The number of rotatable bonds is 7. The van der Waals surface area contributed by atoms with Crippen molar-refractivity contribution in [2.24, 2.45) is 5.92 Å². The Morgan fingerprint density at radius 1 is 1.07 bits per heavy atom. The topological polar surface area (TPSA) is 80.2 Å². The zero-order valence-electron chi connectivity index (χ0n) is 16.6. The molecule has 30 heavy (non-hydrogen) atoms. The first-order valence-electron chi connectivity index (χ1n) is 9.48. The number of nitrogens with zero attached hydrogens (tertiary/aromatic N) is 1. The third-order valence-electron chi connectivity index (χ3n) is 4.36. The average Bonchev–Trinajstić information content (AvgIpc) is 3.15. The van der Waals surface area contributed by atoms with Crippen LogP contribution in [0, 0.1) is 5.92 Å². The van der Waals surface area contributed by atoms with Crippen LogP contribution >= 0.6 is 22.9 Å². The van der Waals surface area contributed by atoms with Crippen LogP contribution in [0.3, 0.4) is 0 Å². The Labute approximate surface area is 183 Å². The fourth-order valence-electron chi connectivity index (χ4n) is 2.94. The molecule has 1 atom stereocenters. The number of pyridine rings is 1. The summed E-state index contributed by atoms with van der Waals surface area (Å²) in [6, 6.07) is 14.5. The molecule has 0 saturated carbocycles. The van der Waals surface area contributed by atoms with Crippen LogP contribution < -0.4 is 16.2 Å². The molecule has 0 fully saturated rings. The third kappa shape index (κ3) is 5.58. The summed E-state index contributed by atoms with van der Waals surface area (Å²) >= 11 is 7.07. The minimum atomic E-state index is -0.685. The SMILES string of the molecule is CC(C)CC(NC(=O)c1ccc(Cl)s1)C(=O)Nc1ccc(-n2ccccc2=O)cc1. The largest absolute Gasteiger partial charge is 0.340 e. The van der Waals surface area contributed by atoms with Crippen molar-refractivity contribution in [2.75, 3.05) is 5.32 Å². The van der Waals surface area contributed by atoms with Crippen LogP contribution in [0.5, 0.6) is 0 Å². The van der Waals surface area contributed by atoms with Gasteiger partial charge in [-0.1, -0.05) is 31.5 Å². The predicted molar refractivity (Wildman–Crippen MR) is 121 cm³/mol. The first-order valence-corrected chi connectivity index (χ1v) is 10.7. The molecule has 0 radical (unpaired) electrons. The standard InChI is InChI=1S/C22H22ClN3O3S/c1-14(2)13-17(25-22(29)18-10-11-19(23)30-18)21(28)24-15-6-8-16(9-7-15)26-12-4-3-5-20(26)27/h3-12,14,17H,13H2,1-2H3,(H,24,28)(H,25,29). The molecule has 1 aromatic carbocycles. The fourth-order valence-corrected chi connectivity index (χ4v) is 3.89. The maximum atomic E-state index is 12.8. The van der Waals surface area contributed by atoms with Gasteiger partial charge in [-0.3, -0.25) is 19.0 Å². The molecule has 2 aromatic heterocycles. The minimum absolute atomic E-state index is 0.136. The number of anilines is 1. The number of amides is 2. The number of aromatic nitrogens is 1. The molecular formula is C22H22ClN3O3S. The summed E-state index contributed by atoms with van der Waals surface area (Å²) in [5.41, 5.74) is 1.14. The highest BCUT2D eigenvalue weighted by molar-refractivity contribution is 7.18. The van der Waals surface area contributed by atoms with Gasteiger partial charge in [0.25, 0.3) is 11.5 Å². The molecule has 0 aliphatic heterocycles. The molecule has 0 bridgehead atoms. The molecule has 0 aliphatic rings. The monoisotopic (exact) mass is 443 g/mol. The van der Waals surface area contributed by atoms with Crippen LogP contribution in [-0.4, -0.2) is 22.4 Å². The second-order valence-corrected chi connectivity index (χ2v) is 8.92. The number of carbonyl (C=O) groups is 2. The summed E-state index contributed by atoms with van der Waals surface area (Å²) in [5.74, 6) is -0.420. The van der Waals surface area contributed by atoms with Gasteiger partial charge in [0.2, 0.25) is 5.91 Å². The summed E-state index contributed by atoms with van der Waals surface area (Å²) in [6.07, 6.45) is 2.18. The van der Waals surface area contributed by atoms with Crippen LogP contribution in [0.1, 0.15) is 29.9 Å². The summed E-state index contributed by atoms with van der Waals surface area (Å²) in [4.78, 5) is 37.7. The summed E-state index contributed by atoms with van der Waals surface area (Å²) in [5, 5.41) is 5.64. The molecule has 3 aromatic rings. The van der Waals surface area contributed by atoms with Gasteiger partial charge in [-0.2, -0.15) is 0 Å². The highest BCUT2D eigenvalue weighted by Crippen LogP contribution is 2.22. The summed E-state index contributed by atoms with van der Waals surface area (Å²) in [6.45, 7) is 3.97. The van der Waals surface area contributed by atoms with E-state index in [4.69, 9.17) is 11.6 Å². The lowest BCUT2D eigenvalue weighted by molar-refractivity contribution is -0.118. The zero-order chi connectivity index (χ0) is 21.7. The van der Waals surface area contributed by atoms with E-state index < -0.39 is 6.04 Å². The molecule has 1 unspecified atom stereocenters. The van der Waals surface area contributed by atoms with Gasteiger partial charge in [-0.05, 0) is 54.8 Å². The Morgan fingerprint density at radius 3 is 2.40 bits per heavy atom. The molecule has 0 aliphatic carbocycles. The lowest BCUT2D eigenvalue weighted by Gasteiger charge is -2.20. The van der Waals surface area contributed by atoms with E-state index in [9.17, 15) is 14.4 Å². The highest BCUT2D eigenvalue weighted by Gasteiger charge is 2.23. The highest BCUT2D eigenvalue weighted by atomic mass is 35.5. The number of hydrogen-bond donors (Lipinski definition) is 2. The van der Waals surface area contributed by atoms with Gasteiger partial charge in [0.05, 0.1) is 9.21 Å². The fraction of sp³-hybridized carbons (Fsp3) is 0.227. The van der Waals surface area contributed by atoms with Gasteiger partial charge in [-0.25, -0.2) is 0 Å². The molecule has 3 rings (SSSR count). The number of carbonyl (C=O) groups excluding carboxylic acids is 2. The van der Waals surface area contributed by atoms with E-state index in [2.05, 4.69) is 10.6 Å². The first kappa shape index (κ1) is 21.8. The first-order chi connectivity index (χ1) is 14.3. The van der Waals surface area contributed by atoms with Crippen LogP contribution in [-0.2, 0) is 4.79 Å². The quantitative estimate of drug-likeness (QED) is 0.570. The Hall–Kier alpha value is -2.90. The van der Waals surface area contributed by atoms with E-state index >= 15 is 0 Å². The summed E-state index contributed by atoms with van der Waals surface area (Å²) in [7, 11) is 0. The van der Waals surface area contributed by atoms with E-state index in [0.29, 0.717) is 27.0 Å². The van der Waals surface area contributed by atoms with Crippen molar-refractivity contribution in [3.05, 3.63) is 80.4 Å². The maximum Gasteiger partial charge on any atom is 0.262 e. The number of benzene rings is 1. The molecule has 0 saturated heterocycles. The molecular weight excluding hydrogens is 422 g/mol. The lowest BCUT2D eigenvalue weighted by Crippen LogP contribution is -2.44. The molecule has 2 N–H and O–H groups in total. The number of hydrogen-bond acceptors (Lipinski definition) is 4. The van der Waals surface area contributed by atoms with E-state index in [1.54, 1.807) is 54.7 Å². The van der Waals surface area contributed by atoms with Gasteiger partial charge in [0, 0.05) is 23.6 Å². The molecule has 156 valence electrons. The molecule has 8 heteroatoms. The van der Waals surface area contributed by atoms with Crippen molar-refractivity contribution < 1.29 is 9.59 Å². The number of halogens is 1. The van der Waals surface area contributed by atoms with Crippen molar-refractivity contribution in [1.82, 2.24) is 9.88 Å². The van der Waals surface area contributed by atoms with E-state index in [1.807, 2.05) is 13.8 Å². The van der Waals surface area contributed by atoms with Crippen molar-refractivity contribution in [3.8, 4) is 5.69 Å². The van der Waals surface area contributed by atoms with E-state index in [1.165, 1.54) is 22.0 Å². The van der Waals surface area contributed by atoms with E-state index in [-0.39, 0.29) is 23.3 Å². The second kappa shape index (κ2) is 9.73. The second-order valence-electron chi connectivity index (χ2n) is 7.20. The van der Waals surface area contributed by atoms with Gasteiger partial charge in [0.15, 0.2) is 0 Å². The van der Waals surface area contributed by atoms with Crippen molar-refractivity contribution in [1.29, 1.82) is 0 Å². The Balaban J connectivity index is 1.71. The minimum Gasteiger partial charge on any atom is -0.340 e. The van der Waals surface area contributed by atoms with Crippen LogP contribution in [0.4, 0.5) is 5.69 Å². The number of thiophene rings is 1. The maximum absolute atomic E-state index is 12.8.